The van der Waals surface area contributed by atoms with Gasteiger partial charge in [0.25, 0.3) is 0 Å². The number of rotatable bonds is 2. The molecule has 2 heterocycles. The maximum absolute atomic E-state index is 4.75. The molecule has 19 heavy (non-hydrogen) atoms. The minimum absolute atomic E-state index is 0.352. The van der Waals surface area contributed by atoms with Crippen molar-refractivity contribution in [3.63, 3.8) is 0 Å². The monoisotopic (exact) mass is 251 g/mol. The molecule has 0 aliphatic rings. The first kappa shape index (κ1) is 11.9. The van der Waals surface area contributed by atoms with Crippen LogP contribution in [0.25, 0.3) is 22.6 Å². The summed E-state index contributed by atoms with van der Waals surface area (Å²) in [4.78, 5) is 9.34. The van der Waals surface area contributed by atoms with Crippen molar-refractivity contribution in [2.24, 2.45) is 0 Å². The summed E-state index contributed by atoms with van der Waals surface area (Å²) >= 11 is 0. The molecule has 0 radical (unpaired) electrons. The summed E-state index contributed by atoms with van der Waals surface area (Å²) < 4.78 is 2.25. The van der Waals surface area contributed by atoms with Gasteiger partial charge in [0.05, 0.1) is 11.0 Å². The van der Waals surface area contributed by atoms with Gasteiger partial charge in [0.2, 0.25) is 0 Å². The molecule has 3 nitrogen and oxygen atoms in total. The van der Waals surface area contributed by atoms with Gasteiger partial charge in [0.15, 0.2) is 5.82 Å². The Balaban J connectivity index is 2.31. The lowest BCUT2D eigenvalue weighted by Crippen LogP contribution is -2.04. The van der Waals surface area contributed by atoms with Crippen molar-refractivity contribution in [3.8, 4) is 11.5 Å². The summed E-state index contributed by atoms with van der Waals surface area (Å²) in [7, 11) is 0. The zero-order valence-electron chi connectivity index (χ0n) is 11.5. The van der Waals surface area contributed by atoms with E-state index in [4.69, 9.17) is 4.98 Å². The Kier molecular flexibility index (Phi) is 2.82. The molecule has 3 heteroatoms. The van der Waals surface area contributed by atoms with Crippen molar-refractivity contribution >= 4 is 11.0 Å². The predicted molar refractivity (Wildman–Crippen MR) is 78.1 cm³/mol. The van der Waals surface area contributed by atoms with Crippen LogP contribution in [0.1, 0.15) is 25.6 Å². The van der Waals surface area contributed by atoms with Crippen LogP contribution in [0.15, 0.2) is 42.5 Å². The Labute approximate surface area is 112 Å². The zero-order chi connectivity index (χ0) is 13.4. The van der Waals surface area contributed by atoms with Gasteiger partial charge in [0.1, 0.15) is 5.69 Å². The third-order valence-corrected chi connectivity index (χ3v) is 3.23. The molecule has 0 fully saturated rings. The lowest BCUT2D eigenvalue weighted by Gasteiger charge is -2.12. The van der Waals surface area contributed by atoms with E-state index in [9.17, 15) is 0 Å². The van der Waals surface area contributed by atoms with Crippen LogP contribution in [0, 0.1) is 6.92 Å². The number of imidazole rings is 1. The van der Waals surface area contributed by atoms with Gasteiger partial charge >= 0.3 is 0 Å². The van der Waals surface area contributed by atoms with Gasteiger partial charge in [-0.2, -0.15) is 0 Å². The Hall–Kier alpha value is -2.16. The molecule has 0 saturated carbocycles. The summed E-state index contributed by atoms with van der Waals surface area (Å²) in [5.74, 6) is 0.944. The summed E-state index contributed by atoms with van der Waals surface area (Å²) in [5, 5.41) is 0. The molecule has 0 bridgehead atoms. The first-order valence-electron chi connectivity index (χ1n) is 6.58. The van der Waals surface area contributed by atoms with Crippen molar-refractivity contribution < 1.29 is 0 Å². The molecule has 3 aromatic rings. The number of aromatic nitrogens is 3. The van der Waals surface area contributed by atoms with Crippen LogP contribution in [-0.4, -0.2) is 14.5 Å². The van der Waals surface area contributed by atoms with Gasteiger partial charge in [-0.15, -0.1) is 0 Å². The van der Waals surface area contributed by atoms with Crippen LogP contribution < -0.4 is 0 Å². The van der Waals surface area contributed by atoms with E-state index < -0.39 is 0 Å². The maximum atomic E-state index is 4.75. The first-order chi connectivity index (χ1) is 9.16. The highest BCUT2D eigenvalue weighted by atomic mass is 15.1. The summed E-state index contributed by atoms with van der Waals surface area (Å²) in [6.07, 6.45) is 0. The number of hydrogen-bond acceptors (Lipinski definition) is 2. The summed E-state index contributed by atoms with van der Waals surface area (Å²) in [6.45, 7) is 6.35. The number of nitrogens with zero attached hydrogens (tertiary/aromatic N) is 3. The fraction of sp³-hybridized carbons (Fsp3) is 0.250. The number of benzene rings is 1. The molecular weight excluding hydrogens is 234 g/mol. The minimum Gasteiger partial charge on any atom is -0.320 e. The van der Waals surface area contributed by atoms with Gasteiger partial charge in [-0.3, -0.25) is 0 Å². The third kappa shape index (κ3) is 2.01. The second kappa shape index (κ2) is 4.50. The lowest BCUT2D eigenvalue weighted by molar-refractivity contribution is 0.623. The molecule has 2 aromatic heterocycles. The van der Waals surface area contributed by atoms with Gasteiger partial charge in [-0.1, -0.05) is 18.2 Å². The first-order valence-corrected chi connectivity index (χ1v) is 6.58. The van der Waals surface area contributed by atoms with E-state index in [0.717, 1.165) is 28.2 Å². The van der Waals surface area contributed by atoms with E-state index in [1.165, 1.54) is 0 Å². The second-order valence-electron chi connectivity index (χ2n) is 5.05. The molecule has 3 rings (SSSR count). The number of para-hydroxylation sites is 2. The largest absolute Gasteiger partial charge is 0.320 e. The number of aryl methyl sites for hydroxylation is 1. The number of pyridine rings is 1. The molecule has 0 N–H and O–H groups in total. The smallest absolute Gasteiger partial charge is 0.160 e. The quantitative estimate of drug-likeness (QED) is 0.689. The highest BCUT2D eigenvalue weighted by molar-refractivity contribution is 5.80. The zero-order valence-corrected chi connectivity index (χ0v) is 11.5. The SMILES string of the molecule is Cc1cccc(-c2nc3ccccc3n2C(C)C)n1. The lowest BCUT2D eigenvalue weighted by atomic mass is 10.2. The molecule has 0 aliphatic carbocycles. The van der Waals surface area contributed by atoms with Gasteiger partial charge in [-0.05, 0) is 45.0 Å². The average Bonchev–Trinajstić information content (AvgIpc) is 2.78. The minimum atomic E-state index is 0.352. The molecule has 0 aliphatic heterocycles. The fourth-order valence-electron chi connectivity index (χ4n) is 2.42. The molecule has 0 unspecified atom stereocenters. The van der Waals surface area contributed by atoms with Crippen LogP contribution in [-0.2, 0) is 0 Å². The van der Waals surface area contributed by atoms with Crippen molar-refractivity contribution in [1.29, 1.82) is 0 Å². The normalized spacial score (nSPS) is 11.4. The molecule has 1 aromatic carbocycles. The second-order valence-corrected chi connectivity index (χ2v) is 5.05. The molecule has 0 amide bonds. The average molecular weight is 251 g/mol. The predicted octanol–water partition coefficient (Wildman–Crippen LogP) is 3.99. The Bertz CT molecular complexity index is 726. The van der Waals surface area contributed by atoms with Crippen molar-refractivity contribution in [2.45, 2.75) is 26.8 Å². The Morgan fingerprint density at radius 2 is 1.74 bits per heavy atom. The van der Waals surface area contributed by atoms with Crippen LogP contribution in [0.3, 0.4) is 0 Å². The van der Waals surface area contributed by atoms with Crippen LogP contribution >= 0.6 is 0 Å². The van der Waals surface area contributed by atoms with Crippen LogP contribution in [0.2, 0.25) is 0 Å². The van der Waals surface area contributed by atoms with E-state index in [1.807, 2.05) is 37.3 Å². The summed E-state index contributed by atoms with van der Waals surface area (Å²) in [5.41, 5.74) is 4.13. The number of hydrogen-bond donors (Lipinski definition) is 0. The highest BCUT2D eigenvalue weighted by Gasteiger charge is 2.15. The molecule has 0 spiro atoms. The van der Waals surface area contributed by atoms with E-state index in [2.05, 4.69) is 35.5 Å². The Morgan fingerprint density at radius 3 is 2.47 bits per heavy atom. The van der Waals surface area contributed by atoms with E-state index in [-0.39, 0.29) is 0 Å². The molecular formula is C16H17N3. The van der Waals surface area contributed by atoms with E-state index in [1.54, 1.807) is 0 Å². The third-order valence-electron chi connectivity index (χ3n) is 3.23. The topological polar surface area (TPSA) is 30.7 Å². The molecule has 96 valence electrons. The molecule has 0 atom stereocenters. The van der Waals surface area contributed by atoms with Crippen LogP contribution in [0.4, 0.5) is 0 Å². The van der Waals surface area contributed by atoms with E-state index >= 15 is 0 Å². The standard InChI is InChI=1S/C16H17N3/c1-11(2)19-15-10-5-4-8-13(15)18-16(19)14-9-6-7-12(3)17-14/h4-11H,1-3H3. The highest BCUT2D eigenvalue weighted by Crippen LogP contribution is 2.27. The van der Waals surface area contributed by atoms with Crippen molar-refractivity contribution in [1.82, 2.24) is 14.5 Å². The van der Waals surface area contributed by atoms with Crippen molar-refractivity contribution in [2.75, 3.05) is 0 Å². The Morgan fingerprint density at radius 1 is 0.947 bits per heavy atom. The molecule has 0 saturated heterocycles. The maximum Gasteiger partial charge on any atom is 0.160 e. The van der Waals surface area contributed by atoms with Gasteiger partial charge in [-0.25, -0.2) is 9.97 Å². The fourth-order valence-corrected chi connectivity index (χ4v) is 2.42. The van der Waals surface area contributed by atoms with Gasteiger partial charge in [0, 0.05) is 11.7 Å². The van der Waals surface area contributed by atoms with Crippen LogP contribution in [0.5, 0.6) is 0 Å². The van der Waals surface area contributed by atoms with Crippen molar-refractivity contribution in [3.05, 3.63) is 48.2 Å². The summed E-state index contributed by atoms with van der Waals surface area (Å²) in [6, 6.07) is 14.6. The van der Waals surface area contributed by atoms with E-state index in [0.29, 0.717) is 6.04 Å². The number of fused-ring (bicyclic) bond motifs is 1. The van der Waals surface area contributed by atoms with Gasteiger partial charge < -0.3 is 4.57 Å².